The van der Waals surface area contributed by atoms with E-state index in [2.05, 4.69) is 25.8 Å². The summed E-state index contributed by atoms with van der Waals surface area (Å²) in [5.41, 5.74) is 0. The minimum atomic E-state index is -0.322. The van der Waals surface area contributed by atoms with Crippen LogP contribution in [0.1, 0.15) is 51.9 Å². The average molecular weight is 507 g/mol. The molecule has 7 nitrogen and oxygen atoms in total. The molecule has 3 aliphatic rings. The van der Waals surface area contributed by atoms with E-state index in [0.29, 0.717) is 25.1 Å². The van der Waals surface area contributed by atoms with Gasteiger partial charge in [0.25, 0.3) is 0 Å². The lowest BCUT2D eigenvalue weighted by atomic mass is 10.1. The molecular formula is C20H38IN5O2. The Kier molecular flexibility index (Phi) is 10.1. The predicted octanol–water partition coefficient (Wildman–Crippen LogP) is 2.56. The monoisotopic (exact) mass is 507 g/mol. The van der Waals surface area contributed by atoms with Crippen LogP contribution in [0.15, 0.2) is 4.99 Å². The number of nitrogens with zero attached hydrogens (tertiary/aromatic N) is 2. The number of alkyl carbamates (subject to hydrolysis) is 1. The minimum absolute atomic E-state index is 0. The summed E-state index contributed by atoms with van der Waals surface area (Å²) in [7, 11) is 1.81. The standard InChI is InChI=1S/C20H37N5O2.HI/c1-3-27-20(26)24-18(16-8-9-16)12-22-19(21-2)23-17-10-11-25(14-17)13-15-6-4-5-7-15;/h15-18H,3-14H2,1-2H3,(H,24,26)(H2,21,22,23);1H. The van der Waals surface area contributed by atoms with Gasteiger partial charge in [-0.05, 0) is 50.9 Å². The highest BCUT2D eigenvalue weighted by molar-refractivity contribution is 14.0. The van der Waals surface area contributed by atoms with Crippen molar-refractivity contribution in [1.29, 1.82) is 0 Å². The van der Waals surface area contributed by atoms with Crippen LogP contribution in [0.4, 0.5) is 4.79 Å². The van der Waals surface area contributed by atoms with Crippen molar-refractivity contribution in [2.75, 3.05) is 39.8 Å². The number of guanidine groups is 1. The first-order chi connectivity index (χ1) is 13.2. The van der Waals surface area contributed by atoms with Crippen LogP contribution in [0.3, 0.4) is 0 Å². The van der Waals surface area contributed by atoms with Crippen LogP contribution in [0.25, 0.3) is 0 Å². The zero-order valence-electron chi connectivity index (χ0n) is 17.4. The predicted molar refractivity (Wildman–Crippen MR) is 123 cm³/mol. The van der Waals surface area contributed by atoms with Gasteiger partial charge in [-0.1, -0.05) is 12.8 Å². The SMILES string of the molecule is CCOC(=O)NC(CNC(=NC)NC1CCN(CC2CCCC2)C1)C1CC1.I. The van der Waals surface area contributed by atoms with Gasteiger partial charge in [0.1, 0.15) is 0 Å². The van der Waals surface area contributed by atoms with Crippen LogP contribution in [-0.2, 0) is 4.74 Å². The molecular weight excluding hydrogens is 469 g/mol. The Morgan fingerprint density at radius 3 is 2.61 bits per heavy atom. The van der Waals surface area contributed by atoms with E-state index in [-0.39, 0.29) is 36.1 Å². The Labute approximate surface area is 186 Å². The third-order valence-corrected chi connectivity index (χ3v) is 6.09. The first-order valence-corrected chi connectivity index (χ1v) is 10.8. The van der Waals surface area contributed by atoms with E-state index in [0.717, 1.165) is 18.4 Å². The van der Waals surface area contributed by atoms with Gasteiger partial charge in [0.05, 0.1) is 12.6 Å². The molecule has 3 rings (SSSR count). The van der Waals surface area contributed by atoms with Gasteiger partial charge >= 0.3 is 6.09 Å². The zero-order valence-corrected chi connectivity index (χ0v) is 19.7. The second-order valence-electron chi connectivity index (χ2n) is 8.30. The van der Waals surface area contributed by atoms with Crippen molar-refractivity contribution in [3.63, 3.8) is 0 Å². The summed E-state index contributed by atoms with van der Waals surface area (Å²) in [5, 5.41) is 9.96. The average Bonchev–Trinajstić information content (AvgIpc) is 3.20. The van der Waals surface area contributed by atoms with Crippen molar-refractivity contribution >= 4 is 36.0 Å². The highest BCUT2D eigenvalue weighted by Gasteiger charge is 2.33. The molecule has 3 N–H and O–H groups in total. The first kappa shape index (κ1) is 23.5. The number of carbonyl (C=O) groups is 1. The van der Waals surface area contributed by atoms with Gasteiger partial charge in [-0.3, -0.25) is 4.99 Å². The van der Waals surface area contributed by atoms with E-state index in [9.17, 15) is 4.79 Å². The molecule has 0 bridgehead atoms. The zero-order chi connectivity index (χ0) is 19.1. The van der Waals surface area contributed by atoms with Crippen LogP contribution in [0, 0.1) is 11.8 Å². The third kappa shape index (κ3) is 7.57. The van der Waals surface area contributed by atoms with Gasteiger partial charge in [0, 0.05) is 39.3 Å². The summed E-state index contributed by atoms with van der Waals surface area (Å²) < 4.78 is 5.03. The fourth-order valence-corrected chi connectivity index (χ4v) is 4.43. The number of amides is 1. The van der Waals surface area contributed by atoms with Gasteiger partial charge < -0.3 is 25.6 Å². The molecule has 2 unspecified atom stereocenters. The van der Waals surface area contributed by atoms with Crippen molar-refractivity contribution in [3.8, 4) is 0 Å². The minimum Gasteiger partial charge on any atom is -0.450 e. The van der Waals surface area contributed by atoms with Gasteiger partial charge in [0.15, 0.2) is 5.96 Å². The molecule has 2 aliphatic carbocycles. The number of hydrogen-bond acceptors (Lipinski definition) is 4. The highest BCUT2D eigenvalue weighted by atomic mass is 127. The number of hydrogen-bond donors (Lipinski definition) is 3. The number of rotatable bonds is 8. The van der Waals surface area contributed by atoms with E-state index >= 15 is 0 Å². The van der Waals surface area contributed by atoms with Gasteiger partial charge in [-0.15, -0.1) is 24.0 Å². The molecule has 0 radical (unpaired) electrons. The second-order valence-corrected chi connectivity index (χ2v) is 8.30. The van der Waals surface area contributed by atoms with Crippen molar-refractivity contribution < 1.29 is 9.53 Å². The summed E-state index contributed by atoms with van der Waals surface area (Å²) in [5.74, 6) is 2.29. The van der Waals surface area contributed by atoms with E-state index in [1.54, 1.807) is 0 Å². The van der Waals surface area contributed by atoms with Crippen LogP contribution >= 0.6 is 24.0 Å². The molecule has 0 aromatic carbocycles. The van der Waals surface area contributed by atoms with Crippen molar-refractivity contribution in [2.45, 2.75) is 64.0 Å². The molecule has 8 heteroatoms. The second kappa shape index (κ2) is 12.0. The largest absolute Gasteiger partial charge is 0.450 e. The molecule has 0 aromatic heterocycles. The normalized spacial score (nSPS) is 24.5. The van der Waals surface area contributed by atoms with Crippen molar-refractivity contribution in [1.82, 2.24) is 20.9 Å². The lowest BCUT2D eigenvalue weighted by molar-refractivity contribution is 0.146. The fraction of sp³-hybridized carbons (Fsp3) is 0.900. The third-order valence-electron chi connectivity index (χ3n) is 6.09. The molecule has 0 aromatic rings. The molecule has 28 heavy (non-hydrogen) atoms. The summed E-state index contributed by atoms with van der Waals surface area (Å²) >= 11 is 0. The molecule has 1 amide bonds. The molecule has 1 aliphatic heterocycles. The number of aliphatic imine (C=N–C) groups is 1. The Hall–Kier alpha value is -0.770. The highest BCUT2D eigenvalue weighted by Crippen LogP contribution is 2.32. The van der Waals surface area contributed by atoms with E-state index in [1.165, 1.54) is 58.0 Å². The molecule has 1 saturated heterocycles. The van der Waals surface area contributed by atoms with E-state index < -0.39 is 0 Å². The van der Waals surface area contributed by atoms with Crippen LogP contribution < -0.4 is 16.0 Å². The Morgan fingerprint density at radius 2 is 1.96 bits per heavy atom. The van der Waals surface area contributed by atoms with Gasteiger partial charge in [0.2, 0.25) is 0 Å². The molecule has 0 spiro atoms. The number of likely N-dealkylation sites (tertiary alicyclic amines) is 1. The first-order valence-electron chi connectivity index (χ1n) is 10.8. The van der Waals surface area contributed by atoms with Crippen LogP contribution in [-0.4, -0.2) is 68.9 Å². The summed E-state index contributed by atoms with van der Waals surface area (Å²) in [6.07, 6.45) is 8.84. The van der Waals surface area contributed by atoms with Gasteiger partial charge in [-0.2, -0.15) is 0 Å². The number of nitrogens with one attached hydrogen (secondary N) is 3. The van der Waals surface area contributed by atoms with E-state index in [4.69, 9.17) is 4.74 Å². The molecule has 2 atom stereocenters. The van der Waals surface area contributed by atoms with Crippen molar-refractivity contribution in [3.05, 3.63) is 0 Å². The lowest BCUT2D eigenvalue weighted by Crippen LogP contribution is -2.50. The Morgan fingerprint density at radius 1 is 1.21 bits per heavy atom. The summed E-state index contributed by atoms with van der Waals surface area (Å²) in [4.78, 5) is 18.7. The molecule has 3 fully saturated rings. The van der Waals surface area contributed by atoms with Crippen LogP contribution in [0.5, 0.6) is 0 Å². The molecule has 162 valence electrons. The maximum Gasteiger partial charge on any atom is 0.407 e. The smallest absolute Gasteiger partial charge is 0.407 e. The Balaban J connectivity index is 0.00000280. The van der Waals surface area contributed by atoms with Crippen molar-refractivity contribution in [2.24, 2.45) is 16.8 Å². The van der Waals surface area contributed by atoms with Gasteiger partial charge in [-0.25, -0.2) is 4.79 Å². The maximum atomic E-state index is 11.7. The summed E-state index contributed by atoms with van der Waals surface area (Å²) in [6, 6.07) is 0.556. The topological polar surface area (TPSA) is 78.0 Å². The Bertz CT molecular complexity index is 509. The number of ether oxygens (including phenoxy) is 1. The van der Waals surface area contributed by atoms with E-state index in [1.807, 2.05) is 14.0 Å². The maximum absolute atomic E-state index is 11.7. The molecule has 2 saturated carbocycles. The number of halogens is 1. The van der Waals surface area contributed by atoms with Crippen LogP contribution in [0.2, 0.25) is 0 Å². The molecule has 1 heterocycles. The summed E-state index contributed by atoms with van der Waals surface area (Å²) in [6.45, 7) is 6.45. The lowest BCUT2D eigenvalue weighted by Gasteiger charge is -2.23. The quantitative estimate of drug-likeness (QED) is 0.268. The number of carbonyl (C=O) groups excluding carboxylic acids is 1. The fourth-order valence-electron chi connectivity index (χ4n) is 4.43.